The van der Waals surface area contributed by atoms with Gasteiger partial charge in [-0.2, -0.15) is 0 Å². The smallest absolute Gasteiger partial charge is 0.308 e. The van der Waals surface area contributed by atoms with Gasteiger partial charge >= 0.3 is 5.97 Å². The van der Waals surface area contributed by atoms with E-state index < -0.39 is 11.9 Å². The van der Waals surface area contributed by atoms with Crippen LogP contribution < -0.4 is 5.32 Å². The Bertz CT molecular complexity index is 366. The first-order valence-corrected chi connectivity index (χ1v) is 5.12. The van der Waals surface area contributed by atoms with Gasteiger partial charge in [-0.05, 0) is 18.6 Å². The molecule has 4 heteroatoms. The molecule has 0 saturated carbocycles. The number of nitrogens with one attached hydrogen (secondary N) is 1. The standard InChI is InChI=1S/C11H14ClNO2/c1-7-4-3-5-9(10(7)12)13-6-8(2)11(14)15/h3-5,8,13H,6H2,1-2H3,(H,14,15). The molecular formula is C11H14ClNO2. The number of aliphatic carboxylic acids is 1. The molecule has 0 radical (unpaired) electrons. The summed E-state index contributed by atoms with van der Waals surface area (Å²) in [5, 5.41) is 12.4. The van der Waals surface area contributed by atoms with Crippen molar-refractivity contribution in [2.75, 3.05) is 11.9 Å². The maximum Gasteiger partial charge on any atom is 0.308 e. The van der Waals surface area contributed by atoms with Gasteiger partial charge in [-0.15, -0.1) is 0 Å². The molecule has 0 heterocycles. The molecule has 3 nitrogen and oxygen atoms in total. The number of halogens is 1. The number of hydrogen-bond acceptors (Lipinski definition) is 2. The maximum atomic E-state index is 10.6. The van der Waals surface area contributed by atoms with Gasteiger partial charge in [-0.25, -0.2) is 0 Å². The van der Waals surface area contributed by atoms with Gasteiger partial charge in [0.1, 0.15) is 0 Å². The Morgan fingerprint density at radius 3 is 2.87 bits per heavy atom. The van der Waals surface area contributed by atoms with Crippen LogP contribution in [0.3, 0.4) is 0 Å². The predicted molar refractivity (Wildman–Crippen MR) is 61.5 cm³/mol. The number of aryl methyl sites for hydroxylation is 1. The van der Waals surface area contributed by atoms with E-state index in [9.17, 15) is 4.79 Å². The Labute approximate surface area is 94.1 Å². The number of anilines is 1. The number of benzene rings is 1. The summed E-state index contributed by atoms with van der Waals surface area (Å²) >= 11 is 6.05. The normalized spacial score (nSPS) is 12.2. The molecule has 0 aliphatic heterocycles. The van der Waals surface area contributed by atoms with Crippen LogP contribution in [0.25, 0.3) is 0 Å². The highest BCUT2D eigenvalue weighted by Gasteiger charge is 2.11. The van der Waals surface area contributed by atoms with Crippen LogP contribution >= 0.6 is 11.6 Å². The summed E-state index contributed by atoms with van der Waals surface area (Å²) in [4.78, 5) is 10.6. The van der Waals surface area contributed by atoms with E-state index in [1.165, 1.54) is 0 Å². The zero-order valence-electron chi connectivity index (χ0n) is 8.75. The third-order valence-corrected chi connectivity index (χ3v) is 2.71. The second-order valence-electron chi connectivity index (χ2n) is 3.56. The molecule has 0 spiro atoms. The highest BCUT2D eigenvalue weighted by atomic mass is 35.5. The summed E-state index contributed by atoms with van der Waals surface area (Å²) in [5.74, 6) is -1.24. The zero-order chi connectivity index (χ0) is 11.4. The first-order chi connectivity index (χ1) is 7.02. The molecule has 82 valence electrons. The monoisotopic (exact) mass is 227 g/mol. The third kappa shape index (κ3) is 3.13. The van der Waals surface area contributed by atoms with Gasteiger partial charge in [-0.3, -0.25) is 4.79 Å². The Morgan fingerprint density at radius 2 is 2.27 bits per heavy atom. The number of carboxylic acid groups (broad SMARTS) is 1. The fourth-order valence-corrected chi connectivity index (χ4v) is 1.33. The zero-order valence-corrected chi connectivity index (χ0v) is 9.51. The molecule has 0 bridgehead atoms. The van der Waals surface area contributed by atoms with E-state index >= 15 is 0 Å². The van der Waals surface area contributed by atoms with Gasteiger partial charge in [0.05, 0.1) is 16.6 Å². The van der Waals surface area contributed by atoms with Gasteiger partial charge in [0.25, 0.3) is 0 Å². The summed E-state index contributed by atoms with van der Waals surface area (Å²) in [5.41, 5.74) is 1.76. The number of carboxylic acids is 1. The fraction of sp³-hybridized carbons (Fsp3) is 0.364. The number of carbonyl (C=O) groups is 1. The molecule has 0 saturated heterocycles. The van der Waals surface area contributed by atoms with Crippen molar-refractivity contribution in [2.45, 2.75) is 13.8 Å². The lowest BCUT2D eigenvalue weighted by atomic mass is 10.1. The lowest BCUT2D eigenvalue weighted by Crippen LogP contribution is -2.19. The van der Waals surface area contributed by atoms with Gasteiger partial charge in [0.15, 0.2) is 0 Å². The first-order valence-electron chi connectivity index (χ1n) is 4.74. The van der Waals surface area contributed by atoms with Gasteiger partial charge < -0.3 is 10.4 Å². The second kappa shape index (κ2) is 5.03. The summed E-state index contributed by atoms with van der Waals surface area (Å²) in [6, 6.07) is 5.63. The molecule has 0 aromatic heterocycles. The summed E-state index contributed by atoms with van der Waals surface area (Å²) in [7, 11) is 0. The minimum atomic E-state index is -0.814. The van der Waals surface area contributed by atoms with E-state index in [0.29, 0.717) is 11.6 Å². The Hall–Kier alpha value is -1.22. The predicted octanol–water partition coefficient (Wildman–Crippen LogP) is 2.78. The molecule has 0 aliphatic rings. The SMILES string of the molecule is Cc1cccc(NCC(C)C(=O)O)c1Cl. The van der Waals surface area contributed by atoms with E-state index in [-0.39, 0.29) is 0 Å². The van der Waals surface area contributed by atoms with Crippen molar-refractivity contribution in [3.8, 4) is 0 Å². The molecular weight excluding hydrogens is 214 g/mol. The third-order valence-electron chi connectivity index (χ3n) is 2.21. The van der Waals surface area contributed by atoms with Crippen LogP contribution in [-0.2, 0) is 4.79 Å². The highest BCUT2D eigenvalue weighted by molar-refractivity contribution is 6.34. The van der Waals surface area contributed by atoms with Crippen LogP contribution in [-0.4, -0.2) is 17.6 Å². The lowest BCUT2D eigenvalue weighted by Gasteiger charge is -2.12. The van der Waals surface area contributed by atoms with Gasteiger partial charge in [0.2, 0.25) is 0 Å². The van der Waals surface area contributed by atoms with Crippen molar-refractivity contribution in [3.63, 3.8) is 0 Å². The second-order valence-corrected chi connectivity index (χ2v) is 3.93. The Morgan fingerprint density at radius 1 is 1.60 bits per heavy atom. The summed E-state index contributed by atoms with van der Waals surface area (Å²) < 4.78 is 0. The van der Waals surface area contributed by atoms with Crippen molar-refractivity contribution in [1.29, 1.82) is 0 Å². The molecule has 1 aromatic rings. The molecule has 1 unspecified atom stereocenters. The molecule has 1 atom stereocenters. The number of rotatable bonds is 4. The molecule has 0 amide bonds. The molecule has 1 rings (SSSR count). The van der Waals surface area contributed by atoms with Crippen molar-refractivity contribution >= 4 is 23.3 Å². The molecule has 0 aliphatic carbocycles. The summed E-state index contributed by atoms with van der Waals surface area (Å²) in [6.07, 6.45) is 0. The highest BCUT2D eigenvalue weighted by Crippen LogP contribution is 2.25. The van der Waals surface area contributed by atoms with Gasteiger partial charge in [-0.1, -0.05) is 30.7 Å². The minimum absolute atomic E-state index is 0.374. The van der Waals surface area contributed by atoms with E-state index in [0.717, 1.165) is 11.3 Å². The maximum absolute atomic E-state index is 10.6. The Kier molecular flexibility index (Phi) is 3.97. The molecule has 2 N–H and O–H groups in total. The van der Waals surface area contributed by atoms with Crippen LogP contribution in [0, 0.1) is 12.8 Å². The van der Waals surface area contributed by atoms with E-state index in [4.69, 9.17) is 16.7 Å². The minimum Gasteiger partial charge on any atom is -0.481 e. The molecule has 1 aromatic carbocycles. The van der Waals surface area contributed by atoms with Crippen LogP contribution in [0.4, 0.5) is 5.69 Å². The average molecular weight is 228 g/mol. The molecule has 0 fully saturated rings. The van der Waals surface area contributed by atoms with Crippen LogP contribution in [0.5, 0.6) is 0 Å². The summed E-state index contributed by atoms with van der Waals surface area (Å²) in [6.45, 7) is 3.94. The average Bonchev–Trinajstić information content (AvgIpc) is 2.19. The van der Waals surface area contributed by atoms with E-state index in [1.807, 2.05) is 25.1 Å². The van der Waals surface area contributed by atoms with E-state index in [2.05, 4.69) is 5.32 Å². The van der Waals surface area contributed by atoms with Crippen LogP contribution in [0.15, 0.2) is 18.2 Å². The van der Waals surface area contributed by atoms with Crippen LogP contribution in [0.2, 0.25) is 5.02 Å². The molecule has 15 heavy (non-hydrogen) atoms. The Balaban J connectivity index is 2.66. The topological polar surface area (TPSA) is 49.3 Å². The largest absolute Gasteiger partial charge is 0.481 e. The van der Waals surface area contributed by atoms with Crippen molar-refractivity contribution in [1.82, 2.24) is 0 Å². The van der Waals surface area contributed by atoms with E-state index in [1.54, 1.807) is 6.92 Å². The lowest BCUT2D eigenvalue weighted by molar-refractivity contribution is -0.140. The van der Waals surface area contributed by atoms with Crippen molar-refractivity contribution < 1.29 is 9.90 Å². The van der Waals surface area contributed by atoms with Crippen LogP contribution in [0.1, 0.15) is 12.5 Å². The quantitative estimate of drug-likeness (QED) is 0.832. The first kappa shape index (κ1) is 11.9. The number of hydrogen-bond donors (Lipinski definition) is 2. The van der Waals surface area contributed by atoms with Crippen molar-refractivity contribution in [2.24, 2.45) is 5.92 Å². The van der Waals surface area contributed by atoms with Crippen molar-refractivity contribution in [3.05, 3.63) is 28.8 Å². The fourth-order valence-electron chi connectivity index (χ4n) is 1.13. The van der Waals surface area contributed by atoms with Gasteiger partial charge in [0, 0.05) is 6.54 Å².